The lowest BCUT2D eigenvalue weighted by Crippen LogP contribution is -2.41. The SMILES string of the molecule is C[C@H](N[C@H]1CC[C@H](c2ccc3[nH]c(=O)oc3c2)CC1)[C@H](O)c1ccccc1. The monoisotopic (exact) mass is 366 g/mol. The Morgan fingerprint density at radius 1 is 1.11 bits per heavy atom. The van der Waals surface area contributed by atoms with Gasteiger partial charge in [-0.3, -0.25) is 4.98 Å². The average Bonchev–Trinajstić information content (AvgIpc) is 3.07. The predicted octanol–water partition coefficient (Wildman–Crippen LogP) is 3.86. The second-order valence-electron chi connectivity index (χ2n) is 7.63. The van der Waals surface area contributed by atoms with Gasteiger partial charge in [-0.2, -0.15) is 0 Å². The summed E-state index contributed by atoms with van der Waals surface area (Å²) in [4.78, 5) is 14.0. The van der Waals surface area contributed by atoms with Crippen LogP contribution in [0, 0.1) is 0 Å². The highest BCUT2D eigenvalue weighted by molar-refractivity contribution is 5.72. The summed E-state index contributed by atoms with van der Waals surface area (Å²) < 4.78 is 5.19. The fraction of sp³-hybridized carbons (Fsp3) is 0.409. The van der Waals surface area contributed by atoms with E-state index >= 15 is 0 Å². The molecule has 2 atom stereocenters. The third-order valence-electron chi connectivity index (χ3n) is 5.76. The molecule has 0 bridgehead atoms. The smallest absolute Gasteiger partial charge is 0.408 e. The van der Waals surface area contributed by atoms with Crippen LogP contribution in [0.3, 0.4) is 0 Å². The quantitative estimate of drug-likeness (QED) is 0.641. The van der Waals surface area contributed by atoms with Crippen LogP contribution in [-0.2, 0) is 0 Å². The number of aromatic nitrogens is 1. The van der Waals surface area contributed by atoms with Gasteiger partial charge < -0.3 is 14.8 Å². The minimum Gasteiger partial charge on any atom is -0.408 e. The average molecular weight is 366 g/mol. The van der Waals surface area contributed by atoms with Crippen LogP contribution in [0.5, 0.6) is 0 Å². The van der Waals surface area contributed by atoms with E-state index in [4.69, 9.17) is 4.42 Å². The summed E-state index contributed by atoms with van der Waals surface area (Å²) in [5.74, 6) is 0.0861. The first-order valence-electron chi connectivity index (χ1n) is 9.72. The molecule has 2 aromatic carbocycles. The van der Waals surface area contributed by atoms with Gasteiger partial charge in [0.25, 0.3) is 0 Å². The van der Waals surface area contributed by atoms with Crippen LogP contribution >= 0.6 is 0 Å². The molecule has 3 N–H and O–H groups in total. The summed E-state index contributed by atoms with van der Waals surface area (Å²) >= 11 is 0. The number of nitrogens with one attached hydrogen (secondary N) is 2. The molecule has 1 saturated carbocycles. The number of aromatic amines is 1. The van der Waals surface area contributed by atoms with E-state index in [9.17, 15) is 9.90 Å². The molecule has 0 saturated heterocycles. The lowest BCUT2D eigenvalue weighted by Gasteiger charge is -2.33. The van der Waals surface area contributed by atoms with E-state index in [-0.39, 0.29) is 6.04 Å². The Hall–Kier alpha value is -2.37. The van der Waals surface area contributed by atoms with Gasteiger partial charge in [-0.1, -0.05) is 36.4 Å². The molecule has 3 aromatic rings. The first-order valence-corrected chi connectivity index (χ1v) is 9.72. The van der Waals surface area contributed by atoms with E-state index in [1.807, 2.05) is 49.4 Å². The molecular formula is C22H26N2O3. The molecule has 5 nitrogen and oxygen atoms in total. The van der Waals surface area contributed by atoms with Crippen LogP contribution in [-0.4, -0.2) is 22.2 Å². The first kappa shape index (κ1) is 18.0. The zero-order valence-corrected chi connectivity index (χ0v) is 15.5. The van der Waals surface area contributed by atoms with Crippen molar-refractivity contribution in [2.75, 3.05) is 0 Å². The van der Waals surface area contributed by atoms with Gasteiger partial charge in [0.15, 0.2) is 5.58 Å². The summed E-state index contributed by atoms with van der Waals surface area (Å²) in [6.45, 7) is 2.05. The third kappa shape index (κ3) is 3.99. The van der Waals surface area contributed by atoms with Crippen molar-refractivity contribution in [1.29, 1.82) is 0 Å². The molecule has 1 aromatic heterocycles. The van der Waals surface area contributed by atoms with E-state index in [0.717, 1.165) is 36.8 Å². The third-order valence-corrected chi connectivity index (χ3v) is 5.76. The second kappa shape index (κ2) is 7.71. The Balaban J connectivity index is 1.34. The molecule has 1 aliphatic rings. The van der Waals surface area contributed by atoms with Gasteiger partial charge in [0, 0.05) is 12.1 Å². The number of rotatable bonds is 5. The molecule has 1 heterocycles. The lowest BCUT2D eigenvalue weighted by atomic mass is 9.81. The Labute approximate surface area is 158 Å². The minimum absolute atomic E-state index is 0.0134. The predicted molar refractivity (Wildman–Crippen MR) is 106 cm³/mol. The molecule has 5 heteroatoms. The Morgan fingerprint density at radius 2 is 1.85 bits per heavy atom. The van der Waals surface area contributed by atoms with Gasteiger partial charge >= 0.3 is 5.76 Å². The van der Waals surface area contributed by atoms with E-state index in [2.05, 4.69) is 16.4 Å². The molecule has 1 aliphatic carbocycles. The summed E-state index contributed by atoms with van der Waals surface area (Å²) in [5.41, 5.74) is 3.58. The molecule has 0 radical (unpaired) electrons. The molecule has 0 unspecified atom stereocenters. The number of hydrogen-bond donors (Lipinski definition) is 3. The van der Waals surface area contributed by atoms with Crippen molar-refractivity contribution < 1.29 is 9.52 Å². The fourth-order valence-electron chi connectivity index (χ4n) is 4.21. The van der Waals surface area contributed by atoms with Crippen LogP contribution < -0.4 is 11.1 Å². The van der Waals surface area contributed by atoms with Gasteiger partial charge in [0.05, 0.1) is 11.6 Å². The van der Waals surface area contributed by atoms with Gasteiger partial charge in [-0.05, 0) is 61.8 Å². The highest BCUT2D eigenvalue weighted by Crippen LogP contribution is 2.34. The van der Waals surface area contributed by atoms with Crippen LogP contribution in [0.4, 0.5) is 0 Å². The molecule has 0 spiro atoms. The first-order chi connectivity index (χ1) is 13.1. The molecule has 27 heavy (non-hydrogen) atoms. The van der Waals surface area contributed by atoms with Crippen molar-refractivity contribution in [1.82, 2.24) is 10.3 Å². The highest BCUT2D eigenvalue weighted by Gasteiger charge is 2.26. The normalized spacial score (nSPS) is 22.6. The van der Waals surface area contributed by atoms with Crippen molar-refractivity contribution in [2.45, 2.75) is 56.7 Å². The summed E-state index contributed by atoms with van der Waals surface area (Å²) in [5, 5.41) is 14.2. The van der Waals surface area contributed by atoms with Crippen LogP contribution in [0.1, 0.15) is 55.8 Å². The topological polar surface area (TPSA) is 78.3 Å². The summed E-state index contributed by atoms with van der Waals surface area (Å²) in [7, 11) is 0. The van der Waals surface area contributed by atoms with E-state index in [0.29, 0.717) is 17.5 Å². The minimum atomic E-state index is -0.497. The standard InChI is InChI=1S/C22H26N2O3/c1-14(21(25)16-5-3-2-4-6-16)23-18-10-7-15(8-11-18)17-9-12-19-20(13-17)27-22(26)24-19/h2-6,9,12-15,18,21,23,25H,7-8,10-11H2,1H3,(H,24,26)/t14-,15-,18-,21-/m0/s1. The molecule has 142 valence electrons. The Kier molecular flexibility index (Phi) is 5.14. The Morgan fingerprint density at radius 3 is 2.59 bits per heavy atom. The van der Waals surface area contributed by atoms with Crippen molar-refractivity contribution in [3.8, 4) is 0 Å². The van der Waals surface area contributed by atoms with Gasteiger partial charge in [-0.15, -0.1) is 0 Å². The van der Waals surface area contributed by atoms with Crippen LogP contribution in [0.2, 0.25) is 0 Å². The number of H-pyrrole nitrogens is 1. The number of fused-ring (bicyclic) bond motifs is 1. The summed E-state index contributed by atoms with van der Waals surface area (Å²) in [6.07, 6.45) is 3.83. The maximum Gasteiger partial charge on any atom is 0.417 e. The molecular weight excluding hydrogens is 340 g/mol. The van der Waals surface area contributed by atoms with Gasteiger partial charge in [0.2, 0.25) is 0 Å². The Bertz CT molecular complexity index is 939. The largest absolute Gasteiger partial charge is 0.417 e. The fourth-order valence-corrected chi connectivity index (χ4v) is 4.21. The zero-order valence-electron chi connectivity index (χ0n) is 15.5. The van der Waals surface area contributed by atoms with Crippen molar-refractivity contribution in [2.24, 2.45) is 0 Å². The second-order valence-corrected chi connectivity index (χ2v) is 7.63. The molecule has 0 amide bonds. The zero-order chi connectivity index (χ0) is 18.8. The number of aliphatic hydroxyl groups excluding tert-OH is 1. The number of aliphatic hydroxyl groups is 1. The lowest BCUT2D eigenvalue weighted by molar-refractivity contribution is 0.124. The van der Waals surface area contributed by atoms with Crippen molar-refractivity contribution in [3.63, 3.8) is 0 Å². The number of hydrogen-bond acceptors (Lipinski definition) is 4. The van der Waals surface area contributed by atoms with Gasteiger partial charge in [-0.25, -0.2) is 4.79 Å². The maximum absolute atomic E-state index is 11.3. The van der Waals surface area contributed by atoms with E-state index < -0.39 is 11.9 Å². The van der Waals surface area contributed by atoms with Gasteiger partial charge in [0.1, 0.15) is 0 Å². The van der Waals surface area contributed by atoms with E-state index in [1.165, 1.54) is 5.56 Å². The van der Waals surface area contributed by atoms with E-state index in [1.54, 1.807) is 0 Å². The summed E-state index contributed by atoms with van der Waals surface area (Å²) in [6, 6.07) is 16.3. The van der Waals surface area contributed by atoms with Crippen LogP contribution in [0.15, 0.2) is 57.7 Å². The molecule has 4 rings (SSSR count). The molecule has 0 aliphatic heterocycles. The van der Waals surface area contributed by atoms with Crippen molar-refractivity contribution in [3.05, 3.63) is 70.2 Å². The van der Waals surface area contributed by atoms with Crippen LogP contribution in [0.25, 0.3) is 11.1 Å². The highest BCUT2D eigenvalue weighted by atomic mass is 16.4. The molecule has 1 fully saturated rings. The number of benzene rings is 2. The van der Waals surface area contributed by atoms with Crippen molar-refractivity contribution >= 4 is 11.1 Å². The maximum atomic E-state index is 11.3. The number of oxazole rings is 1.